The molecule has 4 saturated carbocycles. The molecule has 0 unspecified atom stereocenters. The van der Waals surface area contributed by atoms with Crippen LogP contribution in [-0.2, 0) is 9.53 Å². The summed E-state index contributed by atoms with van der Waals surface area (Å²) in [6.07, 6.45) is -0.529. The van der Waals surface area contributed by atoms with E-state index >= 15 is 0 Å². The molecule has 1 heterocycles. The summed E-state index contributed by atoms with van der Waals surface area (Å²) in [5.41, 5.74) is 0.301. The van der Waals surface area contributed by atoms with E-state index in [1.165, 1.54) is 19.3 Å². The number of hydrogen-bond acceptors (Lipinski definition) is 6. The molecule has 0 aromatic carbocycles. The Morgan fingerprint density at radius 2 is 1.56 bits per heavy atom. The van der Waals surface area contributed by atoms with E-state index in [1.807, 2.05) is 0 Å². The van der Waals surface area contributed by atoms with E-state index in [0.717, 1.165) is 19.3 Å². The van der Waals surface area contributed by atoms with Crippen molar-refractivity contribution in [2.75, 3.05) is 0 Å². The van der Waals surface area contributed by atoms with Crippen molar-refractivity contribution in [3.8, 4) is 0 Å². The van der Waals surface area contributed by atoms with Gasteiger partial charge in [0.25, 0.3) is 0 Å². The van der Waals surface area contributed by atoms with Crippen molar-refractivity contribution in [1.29, 1.82) is 0 Å². The minimum atomic E-state index is -1.64. The first-order valence-corrected chi connectivity index (χ1v) is 9.24. The van der Waals surface area contributed by atoms with Gasteiger partial charge in [0.2, 0.25) is 0 Å². The average Bonchev–Trinajstić information content (AvgIpc) is 2.43. The molecule has 5 N–H and O–H groups in total. The minimum Gasteiger partial charge on any atom is -0.479 e. The maximum absolute atomic E-state index is 11.3. The SMILES string of the molecule is C[C@]12CC3CC(N[C@@H]4O[C@H](C(=O)O)[C@@H](O)[C@H](O)[C@H]4O)(C1)C[C@](C)(C3)C2. The summed E-state index contributed by atoms with van der Waals surface area (Å²) in [6.45, 7) is 4.64. The van der Waals surface area contributed by atoms with Gasteiger partial charge in [-0.1, -0.05) is 13.8 Å². The highest BCUT2D eigenvalue weighted by molar-refractivity contribution is 5.73. The molecule has 0 aromatic rings. The number of aliphatic hydroxyl groups excluding tert-OH is 3. The van der Waals surface area contributed by atoms with Crippen LogP contribution in [0.25, 0.3) is 0 Å². The number of ether oxygens (including phenoxy) is 1. The predicted octanol–water partition coefficient (Wildman–Crippen LogP) is 0.217. The third-order valence-corrected chi connectivity index (χ3v) is 6.93. The molecule has 5 fully saturated rings. The van der Waals surface area contributed by atoms with Crippen LogP contribution in [0.15, 0.2) is 0 Å². The average molecular weight is 355 g/mol. The molecule has 7 heteroatoms. The molecule has 4 aliphatic carbocycles. The summed E-state index contributed by atoms with van der Waals surface area (Å²) < 4.78 is 5.48. The molecule has 4 bridgehead atoms. The largest absolute Gasteiger partial charge is 0.479 e. The van der Waals surface area contributed by atoms with E-state index in [2.05, 4.69) is 19.2 Å². The lowest BCUT2D eigenvalue weighted by Crippen LogP contribution is -2.71. The first kappa shape index (κ1) is 17.7. The second-order valence-electron chi connectivity index (χ2n) is 9.84. The lowest BCUT2D eigenvalue weighted by Gasteiger charge is -2.66. The summed E-state index contributed by atoms with van der Waals surface area (Å²) in [5, 5.41) is 42.9. The fourth-order valence-electron chi connectivity index (χ4n) is 7.11. The maximum Gasteiger partial charge on any atom is 0.335 e. The first-order chi connectivity index (χ1) is 11.5. The fraction of sp³-hybridized carbons (Fsp3) is 0.944. The standard InChI is InChI=1S/C18H29NO6/c1-16-3-9-4-17(2,6-16)8-18(5-9,7-16)19-14-12(22)10(20)11(21)13(25-14)15(23)24/h9-14,19-22H,3-8H2,1-2H3,(H,23,24)/t9?,10-,11-,12+,13-,14+,16+,17+,18?/m0/s1. The van der Waals surface area contributed by atoms with Crippen LogP contribution in [0.5, 0.6) is 0 Å². The van der Waals surface area contributed by atoms with Crippen LogP contribution in [0.2, 0.25) is 0 Å². The van der Waals surface area contributed by atoms with Crippen LogP contribution in [0.3, 0.4) is 0 Å². The quantitative estimate of drug-likeness (QED) is 0.491. The van der Waals surface area contributed by atoms with Gasteiger partial charge in [0.15, 0.2) is 6.10 Å². The maximum atomic E-state index is 11.3. The fourth-order valence-corrected chi connectivity index (χ4v) is 7.11. The number of carbonyl (C=O) groups is 1. The van der Waals surface area contributed by atoms with Gasteiger partial charge < -0.3 is 25.2 Å². The van der Waals surface area contributed by atoms with E-state index in [1.54, 1.807) is 0 Å². The molecule has 0 aromatic heterocycles. The van der Waals surface area contributed by atoms with Crippen molar-refractivity contribution in [2.45, 2.75) is 88.6 Å². The van der Waals surface area contributed by atoms with Crippen molar-refractivity contribution in [3.63, 3.8) is 0 Å². The van der Waals surface area contributed by atoms with Crippen LogP contribution >= 0.6 is 0 Å². The molecule has 7 nitrogen and oxygen atoms in total. The van der Waals surface area contributed by atoms with Crippen LogP contribution in [0.4, 0.5) is 0 Å². The first-order valence-electron chi connectivity index (χ1n) is 9.24. The lowest BCUT2D eigenvalue weighted by atomic mass is 9.42. The molecular weight excluding hydrogens is 326 g/mol. The zero-order valence-electron chi connectivity index (χ0n) is 14.8. The number of carboxylic acid groups (broad SMARTS) is 1. The Morgan fingerprint density at radius 1 is 0.960 bits per heavy atom. The van der Waals surface area contributed by atoms with Crippen LogP contribution in [0.1, 0.15) is 52.4 Å². The Labute approximate surface area is 147 Å². The highest BCUT2D eigenvalue weighted by atomic mass is 16.6. The topological polar surface area (TPSA) is 119 Å². The lowest BCUT2D eigenvalue weighted by molar-refractivity contribution is -0.245. The second kappa shape index (κ2) is 5.39. The third kappa shape index (κ3) is 2.80. The van der Waals surface area contributed by atoms with Crippen molar-refractivity contribution >= 4 is 5.97 Å². The molecule has 142 valence electrons. The number of rotatable bonds is 3. The van der Waals surface area contributed by atoms with E-state index in [4.69, 9.17) is 4.74 Å². The zero-order valence-corrected chi connectivity index (χ0v) is 14.8. The second-order valence-corrected chi connectivity index (χ2v) is 9.84. The monoisotopic (exact) mass is 355 g/mol. The van der Waals surface area contributed by atoms with Gasteiger partial charge in [-0.15, -0.1) is 0 Å². The smallest absolute Gasteiger partial charge is 0.335 e. The molecule has 0 amide bonds. The molecule has 0 spiro atoms. The van der Waals surface area contributed by atoms with Gasteiger partial charge in [-0.3, -0.25) is 5.32 Å². The highest BCUT2D eigenvalue weighted by Crippen LogP contribution is 2.66. The van der Waals surface area contributed by atoms with Gasteiger partial charge in [-0.2, -0.15) is 0 Å². The summed E-state index contributed by atoms with van der Waals surface area (Å²) >= 11 is 0. The third-order valence-electron chi connectivity index (χ3n) is 6.93. The Morgan fingerprint density at radius 3 is 2.08 bits per heavy atom. The molecule has 0 radical (unpaired) electrons. The molecule has 1 aliphatic heterocycles. The Balaban J connectivity index is 1.58. The summed E-state index contributed by atoms with van der Waals surface area (Å²) in [7, 11) is 0. The molecule has 1 saturated heterocycles. The molecular formula is C18H29NO6. The van der Waals surface area contributed by atoms with Gasteiger partial charge in [0, 0.05) is 5.54 Å². The Bertz CT molecular complexity index is 564. The normalized spacial score (nSPS) is 57.6. The minimum absolute atomic E-state index is 0.209. The molecule has 25 heavy (non-hydrogen) atoms. The molecule has 5 rings (SSSR count). The number of hydrogen-bond donors (Lipinski definition) is 5. The predicted molar refractivity (Wildman–Crippen MR) is 87.6 cm³/mol. The van der Waals surface area contributed by atoms with Gasteiger partial charge in [0.1, 0.15) is 24.5 Å². The van der Waals surface area contributed by atoms with Gasteiger partial charge in [0.05, 0.1) is 0 Å². The zero-order chi connectivity index (χ0) is 18.2. The van der Waals surface area contributed by atoms with Crippen LogP contribution < -0.4 is 5.32 Å². The number of aliphatic carboxylic acids is 1. The van der Waals surface area contributed by atoms with E-state index in [9.17, 15) is 25.2 Å². The summed E-state index contributed by atoms with van der Waals surface area (Å²) in [6, 6.07) is 0. The van der Waals surface area contributed by atoms with Gasteiger partial charge in [-0.25, -0.2) is 4.79 Å². The van der Waals surface area contributed by atoms with Crippen molar-refractivity contribution < 1.29 is 30.0 Å². The highest BCUT2D eigenvalue weighted by Gasteiger charge is 2.61. The summed E-state index contributed by atoms with van der Waals surface area (Å²) in [4.78, 5) is 11.3. The summed E-state index contributed by atoms with van der Waals surface area (Å²) in [5.74, 6) is -0.708. The Hall–Kier alpha value is -0.730. The number of aliphatic hydroxyl groups is 3. The Kier molecular flexibility index (Phi) is 3.81. The van der Waals surface area contributed by atoms with E-state index in [-0.39, 0.29) is 16.4 Å². The van der Waals surface area contributed by atoms with E-state index in [0.29, 0.717) is 5.92 Å². The molecule has 5 aliphatic rings. The number of carboxylic acids is 1. The van der Waals surface area contributed by atoms with Crippen LogP contribution in [-0.4, -0.2) is 62.6 Å². The molecule has 7 atom stereocenters. The number of nitrogens with one attached hydrogen (secondary N) is 1. The van der Waals surface area contributed by atoms with Crippen molar-refractivity contribution in [3.05, 3.63) is 0 Å². The van der Waals surface area contributed by atoms with Crippen molar-refractivity contribution in [1.82, 2.24) is 5.32 Å². The van der Waals surface area contributed by atoms with Crippen LogP contribution in [0, 0.1) is 16.7 Å². The van der Waals surface area contributed by atoms with E-state index < -0.39 is 36.6 Å². The van der Waals surface area contributed by atoms with Gasteiger partial charge >= 0.3 is 5.97 Å². The van der Waals surface area contributed by atoms with Gasteiger partial charge in [-0.05, 0) is 55.3 Å². The van der Waals surface area contributed by atoms with Crippen molar-refractivity contribution in [2.24, 2.45) is 16.7 Å².